The van der Waals surface area contributed by atoms with E-state index in [-0.39, 0.29) is 24.2 Å². The van der Waals surface area contributed by atoms with Gasteiger partial charge in [0, 0.05) is 24.0 Å². The first kappa shape index (κ1) is 21.4. The number of benzene rings is 1. The van der Waals surface area contributed by atoms with Crippen LogP contribution in [0.4, 0.5) is 5.69 Å². The Morgan fingerprint density at radius 2 is 1.66 bits per heavy atom. The van der Waals surface area contributed by atoms with Gasteiger partial charge in [-0.05, 0) is 36.4 Å². The molecule has 1 aromatic rings. The van der Waals surface area contributed by atoms with E-state index >= 15 is 0 Å². The van der Waals surface area contributed by atoms with E-state index in [9.17, 15) is 19.2 Å². The second-order valence-electron chi connectivity index (χ2n) is 5.76. The average molecular weight is 400 g/mol. The van der Waals surface area contributed by atoms with Gasteiger partial charge in [-0.2, -0.15) is 0 Å². The number of anilines is 1. The number of rotatable bonds is 7. The highest BCUT2D eigenvalue weighted by molar-refractivity contribution is 6.05. The molecule has 2 rings (SSSR count). The fourth-order valence-corrected chi connectivity index (χ4v) is 2.52. The van der Waals surface area contributed by atoms with Crippen molar-refractivity contribution < 1.29 is 33.8 Å². The maximum absolute atomic E-state index is 12.4. The lowest BCUT2D eigenvalue weighted by Gasteiger charge is -2.23. The van der Waals surface area contributed by atoms with Gasteiger partial charge in [-0.25, -0.2) is 9.59 Å². The molecule has 0 unspecified atom stereocenters. The summed E-state index contributed by atoms with van der Waals surface area (Å²) >= 11 is 0. The number of esters is 2. The summed E-state index contributed by atoms with van der Waals surface area (Å²) in [5.41, 5.74) is 0.782. The maximum atomic E-state index is 12.4. The number of carboxylic acids is 1. The van der Waals surface area contributed by atoms with Crippen LogP contribution >= 0.6 is 0 Å². The summed E-state index contributed by atoms with van der Waals surface area (Å²) in [6, 6.07) is 6.20. The molecule has 9 heteroatoms. The summed E-state index contributed by atoms with van der Waals surface area (Å²) < 4.78 is 9.58. The van der Waals surface area contributed by atoms with Gasteiger partial charge in [0.15, 0.2) is 0 Å². The fraction of sp³-hybridized carbons (Fsp3) is 0.200. The van der Waals surface area contributed by atoms with E-state index in [0.29, 0.717) is 11.3 Å². The number of ether oxygens (including phenoxy) is 2. The topological polar surface area (TPSA) is 122 Å². The molecular formula is C20H20N2O7. The summed E-state index contributed by atoms with van der Waals surface area (Å²) in [4.78, 5) is 48.6. The van der Waals surface area contributed by atoms with Crippen molar-refractivity contribution in [2.75, 3.05) is 25.7 Å². The second-order valence-corrected chi connectivity index (χ2v) is 5.76. The first-order chi connectivity index (χ1) is 13.9. The molecule has 0 aromatic heterocycles. The Bertz CT molecular complexity index is 898. The Morgan fingerprint density at radius 3 is 2.24 bits per heavy atom. The molecule has 1 heterocycles. The molecule has 1 amide bonds. The molecule has 0 spiro atoms. The number of nitrogens with one attached hydrogen (secondary N) is 1. The van der Waals surface area contributed by atoms with Crippen molar-refractivity contribution in [2.45, 2.75) is 6.42 Å². The first-order valence-corrected chi connectivity index (χ1v) is 8.54. The fourth-order valence-electron chi connectivity index (χ4n) is 2.52. The highest BCUT2D eigenvalue weighted by atomic mass is 16.5. The van der Waals surface area contributed by atoms with Crippen molar-refractivity contribution in [1.29, 1.82) is 0 Å². The number of carboxylic acid groups (broad SMARTS) is 1. The number of allylic oxidation sites excluding steroid dienone is 2. The van der Waals surface area contributed by atoms with Crippen LogP contribution in [0.5, 0.6) is 0 Å². The minimum atomic E-state index is -1.01. The highest BCUT2D eigenvalue weighted by Gasteiger charge is 2.27. The van der Waals surface area contributed by atoms with Crippen molar-refractivity contribution in [3.05, 3.63) is 65.5 Å². The van der Waals surface area contributed by atoms with Crippen LogP contribution in [0.2, 0.25) is 0 Å². The Balaban J connectivity index is 2.33. The quantitative estimate of drug-likeness (QED) is 0.658. The number of carbonyl (C=O) groups is 4. The molecule has 0 fully saturated rings. The summed E-state index contributed by atoms with van der Waals surface area (Å²) in [5.74, 6) is -2.88. The molecule has 29 heavy (non-hydrogen) atoms. The third-order valence-electron chi connectivity index (χ3n) is 3.92. The Kier molecular flexibility index (Phi) is 7.30. The Morgan fingerprint density at radius 1 is 1.00 bits per heavy atom. The minimum Gasteiger partial charge on any atom is -0.481 e. The highest BCUT2D eigenvalue weighted by Crippen LogP contribution is 2.26. The van der Waals surface area contributed by atoms with E-state index in [0.717, 1.165) is 0 Å². The standard InChI is InChI=1S/C20H20N2O7/c1-28-19(26)15-5-3-4-12-22(17(15)20(27)29-2)14-8-6-13(7-9-14)18(25)21-11-10-16(23)24/h3-9,12H,10-11H2,1-2H3,(H,21,25)(H,23,24). The van der Waals surface area contributed by atoms with Gasteiger partial charge in [-0.15, -0.1) is 0 Å². The predicted molar refractivity (Wildman–Crippen MR) is 103 cm³/mol. The smallest absolute Gasteiger partial charge is 0.355 e. The zero-order valence-corrected chi connectivity index (χ0v) is 15.9. The molecule has 152 valence electrons. The summed E-state index contributed by atoms with van der Waals surface area (Å²) in [6.45, 7) is 0.00810. The van der Waals surface area contributed by atoms with E-state index in [2.05, 4.69) is 5.32 Å². The van der Waals surface area contributed by atoms with Crippen LogP contribution in [0.25, 0.3) is 0 Å². The van der Waals surface area contributed by atoms with Crippen molar-refractivity contribution >= 4 is 29.5 Å². The van der Waals surface area contributed by atoms with Crippen molar-refractivity contribution in [2.24, 2.45) is 0 Å². The number of hydrogen-bond donors (Lipinski definition) is 2. The number of hydrogen-bond acceptors (Lipinski definition) is 7. The summed E-state index contributed by atoms with van der Waals surface area (Å²) in [7, 11) is 2.41. The number of amides is 1. The lowest BCUT2D eigenvalue weighted by Crippen LogP contribution is -2.27. The molecule has 0 saturated heterocycles. The first-order valence-electron chi connectivity index (χ1n) is 8.54. The maximum Gasteiger partial charge on any atom is 0.355 e. The molecule has 1 aromatic carbocycles. The van der Waals surface area contributed by atoms with Crippen molar-refractivity contribution in [1.82, 2.24) is 5.32 Å². The van der Waals surface area contributed by atoms with Gasteiger partial charge in [0.2, 0.25) is 0 Å². The van der Waals surface area contributed by atoms with Crippen LogP contribution in [0.3, 0.4) is 0 Å². The van der Waals surface area contributed by atoms with Gasteiger partial charge >= 0.3 is 17.9 Å². The Labute approximate surface area is 166 Å². The van der Waals surface area contributed by atoms with Gasteiger partial charge in [0.05, 0.1) is 26.2 Å². The second kappa shape index (κ2) is 9.88. The monoisotopic (exact) mass is 400 g/mol. The molecule has 9 nitrogen and oxygen atoms in total. The number of nitrogens with zero attached hydrogens (tertiary/aromatic N) is 1. The number of methoxy groups -OCH3 is 2. The van der Waals surface area contributed by atoms with Crippen LogP contribution in [0.15, 0.2) is 60.0 Å². The van der Waals surface area contributed by atoms with Gasteiger partial charge in [0.25, 0.3) is 5.91 Å². The average Bonchev–Trinajstić information content (AvgIpc) is 2.95. The number of aliphatic carboxylic acids is 1. The molecular weight excluding hydrogens is 380 g/mol. The van der Waals surface area contributed by atoms with Crippen LogP contribution in [-0.4, -0.2) is 49.7 Å². The third-order valence-corrected chi connectivity index (χ3v) is 3.92. The molecule has 1 aliphatic heterocycles. The van der Waals surface area contributed by atoms with Crippen molar-refractivity contribution in [3.63, 3.8) is 0 Å². The van der Waals surface area contributed by atoms with Gasteiger partial charge in [0.1, 0.15) is 5.70 Å². The summed E-state index contributed by atoms with van der Waals surface area (Å²) in [6.07, 6.45) is 6.04. The van der Waals surface area contributed by atoms with E-state index in [1.807, 2.05) is 0 Å². The molecule has 0 radical (unpaired) electrons. The predicted octanol–water partition coefficient (Wildman–Crippen LogP) is 1.38. The Hall–Kier alpha value is -3.88. The van der Waals surface area contributed by atoms with Gasteiger partial charge < -0.3 is 24.8 Å². The zero-order valence-electron chi connectivity index (χ0n) is 15.9. The molecule has 0 atom stereocenters. The van der Waals surface area contributed by atoms with E-state index < -0.39 is 23.8 Å². The lowest BCUT2D eigenvalue weighted by molar-refractivity contribution is -0.139. The largest absolute Gasteiger partial charge is 0.481 e. The third kappa shape index (κ3) is 5.32. The zero-order chi connectivity index (χ0) is 21.4. The molecule has 0 saturated carbocycles. The number of carbonyl (C=O) groups excluding carboxylic acids is 3. The normalized spacial score (nSPS) is 13.0. The lowest BCUT2D eigenvalue weighted by atomic mass is 10.1. The summed E-state index contributed by atoms with van der Waals surface area (Å²) in [5, 5.41) is 11.1. The van der Waals surface area contributed by atoms with E-state index in [1.54, 1.807) is 30.5 Å². The molecule has 0 aliphatic carbocycles. The minimum absolute atomic E-state index is 0.00810. The van der Waals surface area contributed by atoms with Gasteiger partial charge in [-0.3, -0.25) is 9.59 Å². The molecule has 1 aliphatic rings. The SMILES string of the molecule is COC(=O)C1=C(C(=O)OC)N(c2ccc(C(=O)NCCC(=O)O)cc2)C=CC=C1. The van der Waals surface area contributed by atoms with Crippen LogP contribution in [0, 0.1) is 0 Å². The van der Waals surface area contributed by atoms with E-state index in [4.69, 9.17) is 14.6 Å². The van der Waals surface area contributed by atoms with Crippen LogP contribution < -0.4 is 10.2 Å². The van der Waals surface area contributed by atoms with Crippen LogP contribution in [-0.2, 0) is 23.9 Å². The van der Waals surface area contributed by atoms with Crippen molar-refractivity contribution in [3.8, 4) is 0 Å². The van der Waals surface area contributed by atoms with Crippen LogP contribution in [0.1, 0.15) is 16.8 Å². The molecule has 2 N–H and O–H groups in total. The molecule has 0 bridgehead atoms. The van der Waals surface area contributed by atoms with Gasteiger partial charge in [-0.1, -0.05) is 6.08 Å². The van der Waals surface area contributed by atoms with E-state index in [1.165, 1.54) is 37.3 Å².